The summed E-state index contributed by atoms with van der Waals surface area (Å²) in [6.45, 7) is 4.81. The molecule has 45 heavy (non-hydrogen) atoms. The number of halogens is 1. The maximum atomic E-state index is 15.5. The van der Waals surface area contributed by atoms with Crippen LogP contribution in [0.3, 0.4) is 0 Å². The number of carbonyl (C=O) groups excluding carboxylic acids is 1. The fourth-order valence-electron chi connectivity index (χ4n) is 5.67. The Hall–Kier alpha value is -5.30. The van der Waals surface area contributed by atoms with Crippen LogP contribution in [0.15, 0.2) is 67.4 Å². The quantitative estimate of drug-likeness (QED) is 0.270. The number of rotatable bonds is 7. The molecule has 1 amide bonds. The molecule has 3 aromatic heterocycles. The molecule has 1 fully saturated rings. The monoisotopic (exact) mass is 609 g/mol. The number of likely N-dealkylation sites (N-methyl/N-ethyl adjacent to an activating group) is 1. The van der Waals surface area contributed by atoms with Gasteiger partial charge in [0.1, 0.15) is 48.1 Å². The number of ether oxygens (including phenoxy) is 2. The predicted octanol–water partition coefficient (Wildman–Crippen LogP) is 4.18. The largest absolute Gasteiger partial charge is 0.489 e. The zero-order valence-electron chi connectivity index (χ0n) is 25.1. The third kappa shape index (κ3) is 5.69. The number of aryl methyl sites for hydroxylation is 1. The number of amides is 1. The molecule has 5 heterocycles. The molecule has 0 spiro atoms. The van der Waals surface area contributed by atoms with E-state index in [9.17, 15) is 4.79 Å². The van der Waals surface area contributed by atoms with E-state index in [1.165, 1.54) is 18.7 Å². The molecule has 12 nitrogen and oxygen atoms in total. The van der Waals surface area contributed by atoms with E-state index in [4.69, 9.17) is 9.47 Å². The third-order valence-electron chi connectivity index (χ3n) is 7.98. The number of benzene rings is 2. The second kappa shape index (κ2) is 11.7. The van der Waals surface area contributed by atoms with Crippen LogP contribution in [0.25, 0.3) is 16.6 Å². The highest BCUT2D eigenvalue weighted by molar-refractivity contribution is 5.95. The molecule has 2 aliphatic heterocycles. The van der Waals surface area contributed by atoms with Crippen molar-refractivity contribution in [1.82, 2.24) is 34.4 Å². The Morgan fingerprint density at radius 1 is 1.16 bits per heavy atom. The fourth-order valence-corrected chi connectivity index (χ4v) is 5.67. The van der Waals surface area contributed by atoms with Crippen molar-refractivity contribution in [2.45, 2.75) is 13.0 Å². The first-order chi connectivity index (χ1) is 21.8. The van der Waals surface area contributed by atoms with Gasteiger partial charge in [0, 0.05) is 62.0 Å². The summed E-state index contributed by atoms with van der Waals surface area (Å²) in [6.07, 6.45) is 8.15. The van der Waals surface area contributed by atoms with Crippen molar-refractivity contribution in [3.63, 3.8) is 0 Å². The van der Waals surface area contributed by atoms with Crippen LogP contribution < -0.4 is 19.7 Å². The van der Waals surface area contributed by atoms with Crippen molar-refractivity contribution >= 4 is 39.6 Å². The number of hydrogen-bond donors (Lipinski definition) is 1. The van der Waals surface area contributed by atoms with Crippen molar-refractivity contribution in [3.8, 4) is 17.2 Å². The zero-order valence-corrected chi connectivity index (χ0v) is 25.1. The first-order valence-corrected chi connectivity index (χ1v) is 14.6. The Labute approximate surface area is 258 Å². The van der Waals surface area contributed by atoms with Gasteiger partial charge in [-0.25, -0.2) is 23.9 Å². The first kappa shape index (κ1) is 28.5. The SMILES string of the molecule is Cc1cc(Nc2ncnc3cc4c(cc23)N2CCN(C(=O)/C=C/CN(C)C)[C@H](CO4)C2)c(F)cc1Oc1ccn2ncnc2c1. The van der Waals surface area contributed by atoms with Gasteiger partial charge < -0.3 is 29.5 Å². The lowest BCUT2D eigenvalue weighted by Gasteiger charge is -2.39. The van der Waals surface area contributed by atoms with Crippen molar-refractivity contribution in [2.75, 3.05) is 57.1 Å². The average Bonchev–Trinajstić information content (AvgIpc) is 3.45. The minimum Gasteiger partial charge on any atom is -0.489 e. The topological polar surface area (TPSA) is 113 Å². The maximum Gasteiger partial charge on any atom is 0.246 e. The van der Waals surface area contributed by atoms with Crippen LogP contribution in [-0.2, 0) is 4.79 Å². The van der Waals surface area contributed by atoms with Gasteiger partial charge in [0.2, 0.25) is 5.91 Å². The van der Waals surface area contributed by atoms with Gasteiger partial charge in [-0.05, 0) is 44.8 Å². The molecular weight excluding hydrogens is 577 g/mol. The van der Waals surface area contributed by atoms with Gasteiger partial charge in [0.05, 0.1) is 22.9 Å². The molecular formula is C32H32FN9O3. The number of hydrogen-bond acceptors (Lipinski definition) is 10. The van der Waals surface area contributed by atoms with Crippen molar-refractivity contribution < 1.29 is 18.7 Å². The number of fused-ring (bicyclic) bond motifs is 6. The number of piperazine rings is 1. The van der Waals surface area contributed by atoms with Gasteiger partial charge in [-0.1, -0.05) is 6.08 Å². The van der Waals surface area contributed by atoms with Crippen LogP contribution in [0.2, 0.25) is 0 Å². The van der Waals surface area contributed by atoms with E-state index in [1.54, 1.807) is 35.0 Å². The molecule has 2 aliphatic rings. The number of carbonyl (C=O) groups is 1. The smallest absolute Gasteiger partial charge is 0.246 e. The maximum absolute atomic E-state index is 15.5. The van der Waals surface area contributed by atoms with Gasteiger partial charge >= 0.3 is 0 Å². The highest BCUT2D eigenvalue weighted by Gasteiger charge is 2.34. The summed E-state index contributed by atoms with van der Waals surface area (Å²) in [5, 5.41) is 7.98. The second-order valence-corrected chi connectivity index (χ2v) is 11.4. The summed E-state index contributed by atoms with van der Waals surface area (Å²) in [7, 11) is 3.93. The van der Waals surface area contributed by atoms with Crippen molar-refractivity contribution in [1.29, 1.82) is 0 Å². The summed E-state index contributed by atoms with van der Waals surface area (Å²) in [5.74, 6) is 1.57. The van der Waals surface area contributed by atoms with E-state index in [0.29, 0.717) is 67.0 Å². The molecule has 0 unspecified atom stereocenters. The fraction of sp³-hybridized carbons (Fsp3) is 0.281. The first-order valence-electron chi connectivity index (χ1n) is 14.6. The van der Waals surface area contributed by atoms with Crippen molar-refractivity contribution in [3.05, 3.63) is 78.8 Å². The Balaban J connectivity index is 1.12. The summed E-state index contributed by atoms with van der Waals surface area (Å²) in [4.78, 5) is 32.2. The Morgan fingerprint density at radius 3 is 2.91 bits per heavy atom. The van der Waals surface area contributed by atoms with Gasteiger partial charge in [-0.3, -0.25) is 4.79 Å². The molecule has 2 bridgehead atoms. The zero-order chi connectivity index (χ0) is 31.1. The summed E-state index contributed by atoms with van der Waals surface area (Å²) in [5.41, 5.74) is 3.17. The molecule has 0 radical (unpaired) electrons. The molecule has 7 rings (SSSR count). The number of anilines is 3. The van der Waals surface area contributed by atoms with Gasteiger partial charge in [0.15, 0.2) is 5.65 Å². The Bertz CT molecular complexity index is 1940. The summed E-state index contributed by atoms with van der Waals surface area (Å²) in [6, 6.07) is 10.3. The lowest BCUT2D eigenvalue weighted by atomic mass is 10.1. The summed E-state index contributed by atoms with van der Waals surface area (Å²) < 4.78 is 29.3. The molecule has 5 aromatic rings. The number of aromatic nitrogens is 5. The second-order valence-electron chi connectivity index (χ2n) is 11.4. The molecule has 1 saturated heterocycles. The van der Waals surface area contributed by atoms with Crippen LogP contribution in [-0.4, -0.2) is 93.2 Å². The van der Waals surface area contributed by atoms with Gasteiger partial charge in [-0.15, -0.1) is 0 Å². The van der Waals surface area contributed by atoms with Crippen LogP contribution >= 0.6 is 0 Å². The van der Waals surface area contributed by atoms with E-state index in [-0.39, 0.29) is 17.6 Å². The molecule has 13 heteroatoms. The molecule has 0 saturated carbocycles. The molecule has 230 valence electrons. The molecule has 1 atom stereocenters. The minimum absolute atomic E-state index is 0.0105. The lowest BCUT2D eigenvalue weighted by Crippen LogP contribution is -2.56. The van der Waals surface area contributed by atoms with E-state index >= 15 is 4.39 Å². The molecule has 2 aromatic carbocycles. The van der Waals surface area contributed by atoms with E-state index in [0.717, 1.165) is 16.6 Å². The van der Waals surface area contributed by atoms with E-state index < -0.39 is 5.82 Å². The number of nitrogens with one attached hydrogen (secondary N) is 1. The third-order valence-corrected chi connectivity index (χ3v) is 7.98. The lowest BCUT2D eigenvalue weighted by molar-refractivity contribution is -0.129. The van der Waals surface area contributed by atoms with Crippen LogP contribution in [0.1, 0.15) is 5.56 Å². The van der Waals surface area contributed by atoms with E-state index in [2.05, 4.69) is 30.3 Å². The number of nitrogens with zero attached hydrogens (tertiary/aromatic N) is 8. The van der Waals surface area contributed by atoms with Gasteiger partial charge in [0.25, 0.3) is 0 Å². The van der Waals surface area contributed by atoms with Crippen LogP contribution in [0, 0.1) is 12.7 Å². The molecule has 1 N–H and O–H groups in total. The van der Waals surface area contributed by atoms with E-state index in [1.807, 2.05) is 49.0 Å². The standard InChI is InChI=1S/C32H32FN9O3/c1-20-11-26(24(33)14-28(20)45-22-6-8-42-30(12-22)35-19-37-42)38-32-23-13-27-29(15-25(23)34-18-36-32)44-17-21-16-40(27)9-10-41(21)31(43)5-4-7-39(2)3/h4-6,8,11-15,18-19,21H,7,9-10,16-17H2,1-3H3,(H,34,36,38)/b5-4+/t21-/m0/s1. The van der Waals surface area contributed by atoms with Crippen LogP contribution in [0.4, 0.5) is 21.6 Å². The average molecular weight is 610 g/mol. The normalized spacial score (nSPS) is 16.2. The summed E-state index contributed by atoms with van der Waals surface area (Å²) >= 11 is 0. The van der Waals surface area contributed by atoms with Gasteiger partial charge in [-0.2, -0.15) is 5.10 Å². The Morgan fingerprint density at radius 2 is 2.04 bits per heavy atom. The Kier molecular flexibility index (Phi) is 7.37. The molecule has 0 aliphatic carbocycles. The van der Waals surface area contributed by atoms with Crippen LogP contribution in [0.5, 0.6) is 17.2 Å². The highest BCUT2D eigenvalue weighted by Crippen LogP contribution is 2.39. The number of pyridine rings is 1. The minimum atomic E-state index is -0.493. The highest BCUT2D eigenvalue weighted by atomic mass is 19.1. The predicted molar refractivity (Wildman–Crippen MR) is 168 cm³/mol. The van der Waals surface area contributed by atoms with Crippen molar-refractivity contribution in [2.24, 2.45) is 0 Å².